The van der Waals surface area contributed by atoms with Crippen molar-refractivity contribution in [3.63, 3.8) is 0 Å². The minimum atomic E-state index is -0.760. The summed E-state index contributed by atoms with van der Waals surface area (Å²) in [5, 5.41) is 0. The Bertz CT molecular complexity index is 1580. The van der Waals surface area contributed by atoms with E-state index in [9.17, 15) is 9.59 Å². The van der Waals surface area contributed by atoms with E-state index in [1.165, 1.54) is 11.3 Å². The number of ether oxygens (including phenoxy) is 4. The minimum absolute atomic E-state index is 0.196. The smallest absolute Gasteiger partial charge is 0.338 e. The molecule has 0 fully saturated rings. The summed E-state index contributed by atoms with van der Waals surface area (Å²) >= 11 is 1.25. The molecule has 0 saturated carbocycles. The molecule has 2 heterocycles. The van der Waals surface area contributed by atoms with Crippen LogP contribution in [-0.4, -0.2) is 37.0 Å². The molecule has 1 aromatic heterocycles. The van der Waals surface area contributed by atoms with Gasteiger partial charge in [0, 0.05) is 5.56 Å². The molecule has 0 N–H and O–H groups in total. The Morgan fingerprint density at radius 2 is 1.77 bits per heavy atom. The standard InChI is InChI=1S/C30H32N2O6S/c1-6-16-38-22-13-11-10-12-20(22)18-25-28(33)32-27(21-14-15-23(35-7-2)24(17-21)36-8-3)26(29(34)37-9-4)19(5)31-30(32)39-25/h6,10-15,17-18,27H,1,7-9,16H2,2-5H3/b25-18-/t27-/m1/s1. The fourth-order valence-electron chi connectivity index (χ4n) is 4.37. The lowest BCUT2D eigenvalue weighted by molar-refractivity contribution is -0.139. The number of hydrogen-bond acceptors (Lipinski definition) is 8. The highest BCUT2D eigenvalue weighted by molar-refractivity contribution is 7.07. The maximum absolute atomic E-state index is 13.9. The molecular weight excluding hydrogens is 516 g/mol. The van der Waals surface area contributed by atoms with Crippen LogP contribution in [0.25, 0.3) is 6.08 Å². The van der Waals surface area contributed by atoms with Crippen molar-refractivity contribution >= 4 is 23.4 Å². The molecule has 0 bridgehead atoms. The molecule has 0 saturated heterocycles. The van der Waals surface area contributed by atoms with Crippen LogP contribution in [0, 0.1) is 0 Å². The molecule has 1 atom stereocenters. The second-order valence-corrected chi connectivity index (χ2v) is 9.52. The fraction of sp³-hybridized carbons (Fsp3) is 0.300. The maximum Gasteiger partial charge on any atom is 0.338 e. The molecular formula is C30H32N2O6S. The molecule has 39 heavy (non-hydrogen) atoms. The van der Waals surface area contributed by atoms with Crippen LogP contribution in [0.3, 0.4) is 0 Å². The Hall–Kier alpha value is -4.11. The summed E-state index contributed by atoms with van der Waals surface area (Å²) in [6.07, 6.45) is 3.45. The van der Waals surface area contributed by atoms with Crippen LogP contribution in [0.1, 0.15) is 44.9 Å². The number of carbonyl (C=O) groups is 1. The van der Waals surface area contributed by atoms with Crippen molar-refractivity contribution in [1.29, 1.82) is 0 Å². The van der Waals surface area contributed by atoms with Gasteiger partial charge >= 0.3 is 5.97 Å². The fourth-order valence-corrected chi connectivity index (χ4v) is 5.40. The number of benzene rings is 2. The highest BCUT2D eigenvalue weighted by Gasteiger charge is 2.34. The Kier molecular flexibility index (Phi) is 9.03. The van der Waals surface area contributed by atoms with E-state index in [2.05, 4.69) is 11.6 Å². The third kappa shape index (κ3) is 5.83. The van der Waals surface area contributed by atoms with Crippen LogP contribution in [0.5, 0.6) is 17.2 Å². The zero-order valence-electron chi connectivity index (χ0n) is 22.6. The van der Waals surface area contributed by atoms with Gasteiger partial charge in [0.15, 0.2) is 16.3 Å². The molecule has 0 radical (unpaired) electrons. The highest BCUT2D eigenvalue weighted by Crippen LogP contribution is 2.36. The van der Waals surface area contributed by atoms with E-state index in [0.717, 1.165) is 5.56 Å². The Morgan fingerprint density at radius 1 is 1.03 bits per heavy atom. The van der Waals surface area contributed by atoms with Crippen molar-refractivity contribution in [1.82, 2.24) is 4.57 Å². The van der Waals surface area contributed by atoms with Crippen LogP contribution in [0.15, 0.2) is 76.2 Å². The molecule has 1 aliphatic rings. The van der Waals surface area contributed by atoms with Crippen LogP contribution in [0.4, 0.5) is 0 Å². The normalized spacial score (nSPS) is 14.9. The first-order valence-corrected chi connectivity index (χ1v) is 13.7. The number of rotatable bonds is 11. The second-order valence-electron chi connectivity index (χ2n) is 8.51. The van der Waals surface area contributed by atoms with Gasteiger partial charge in [0.2, 0.25) is 0 Å². The van der Waals surface area contributed by atoms with Crippen molar-refractivity contribution in [2.45, 2.75) is 33.7 Å². The van der Waals surface area contributed by atoms with E-state index >= 15 is 0 Å². The van der Waals surface area contributed by atoms with Crippen LogP contribution >= 0.6 is 11.3 Å². The van der Waals surface area contributed by atoms with Gasteiger partial charge in [-0.05, 0) is 57.5 Å². The molecule has 1 aliphatic heterocycles. The third-order valence-corrected chi connectivity index (χ3v) is 6.95. The molecule has 3 aromatic rings. The summed E-state index contributed by atoms with van der Waals surface area (Å²) in [5.41, 5.74) is 1.96. The van der Waals surface area contributed by atoms with Gasteiger partial charge in [-0.15, -0.1) is 0 Å². The number of esters is 1. The van der Waals surface area contributed by atoms with Gasteiger partial charge in [-0.3, -0.25) is 9.36 Å². The molecule has 0 amide bonds. The van der Waals surface area contributed by atoms with Crippen LogP contribution < -0.4 is 29.1 Å². The van der Waals surface area contributed by atoms with E-state index in [4.69, 9.17) is 18.9 Å². The SMILES string of the molecule is C=CCOc1ccccc1/C=c1\sc2n(c1=O)[C@H](c1ccc(OCC)c(OCC)c1)C(C(=O)OCC)=C(C)N=2. The van der Waals surface area contributed by atoms with Gasteiger partial charge in [-0.25, -0.2) is 9.79 Å². The quantitative estimate of drug-likeness (QED) is 0.264. The summed E-state index contributed by atoms with van der Waals surface area (Å²) in [7, 11) is 0. The number of allylic oxidation sites excluding steroid dienone is 1. The highest BCUT2D eigenvalue weighted by atomic mass is 32.1. The van der Waals surface area contributed by atoms with E-state index in [-0.39, 0.29) is 12.2 Å². The summed E-state index contributed by atoms with van der Waals surface area (Å²) in [6, 6.07) is 12.2. The predicted molar refractivity (Wildman–Crippen MR) is 151 cm³/mol. The number of fused-ring (bicyclic) bond motifs is 1. The predicted octanol–water partition coefficient (Wildman–Crippen LogP) is 4.16. The van der Waals surface area contributed by atoms with Crippen molar-refractivity contribution in [2.24, 2.45) is 4.99 Å². The molecule has 8 nitrogen and oxygen atoms in total. The average Bonchev–Trinajstić information content (AvgIpc) is 3.22. The maximum atomic E-state index is 13.9. The number of nitrogens with zero attached hydrogens (tertiary/aromatic N) is 2. The first-order chi connectivity index (χ1) is 18.9. The number of carbonyl (C=O) groups excluding carboxylic acids is 1. The summed E-state index contributed by atoms with van der Waals surface area (Å²) in [5.74, 6) is 1.24. The molecule has 2 aromatic carbocycles. The van der Waals surface area contributed by atoms with Crippen molar-refractivity contribution in [2.75, 3.05) is 26.4 Å². The van der Waals surface area contributed by atoms with Gasteiger partial charge in [-0.1, -0.05) is 48.3 Å². The summed E-state index contributed by atoms with van der Waals surface area (Å²) in [6.45, 7) is 12.4. The zero-order valence-corrected chi connectivity index (χ0v) is 23.4. The van der Waals surface area contributed by atoms with Gasteiger partial charge < -0.3 is 18.9 Å². The first-order valence-electron chi connectivity index (χ1n) is 12.8. The third-order valence-electron chi connectivity index (χ3n) is 5.96. The Balaban J connectivity index is 1.94. The van der Waals surface area contributed by atoms with E-state index in [1.54, 1.807) is 36.6 Å². The lowest BCUT2D eigenvalue weighted by Crippen LogP contribution is -2.40. The number of thiazole rings is 1. The molecule has 4 rings (SSSR count). The number of hydrogen-bond donors (Lipinski definition) is 0. The number of para-hydroxylation sites is 1. The molecule has 204 valence electrons. The van der Waals surface area contributed by atoms with E-state index < -0.39 is 12.0 Å². The molecule has 9 heteroatoms. The zero-order chi connectivity index (χ0) is 27.9. The van der Waals surface area contributed by atoms with Gasteiger partial charge in [0.1, 0.15) is 12.4 Å². The summed E-state index contributed by atoms with van der Waals surface area (Å²) < 4.78 is 24.8. The van der Waals surface area contributed by atoms with E-state index in [0.29, 0.717) is 63.2 Å². The van der Waals surface area contributed by atoms with E-state index in [1.807, 2.05) is 50.2 Å². The minimum Gasteiger partial charge on any atom is -0.490 e. The topological polar surface area (TPSA) is 88.3 Å². The lowest BCUT2D eigenvalue weighted by Gasteiger charge is -2.25. The van der Waals surface area contributed by atoms with Crippen molar-refractivity contribution in [3.05, 3.63) is 97.2 Å². The van der Waals surface area contributed by atoms with Crippen LogP contribution in [-0.2, 0) is 9.53 Å². The Labute approximate surface area is 231 Å². The van der Waals surface area contributed by atoms with Gasteiger partial charge in [-0.2, -0.15) is 0 Å². The Morgan fingerprint density at radius 3 is 2.49 bits per heavy atom. The first kappa shape index (κ1) is 27.9. The number of aromatic nitrogens is 1. The average molecular weight is 549 g/mol. The second kappa shape index (κ2) is 12.6. The molecule has 0 unspecified atom stereocenters. The van der Waals surface area contributed by atoms with Crippen LogP contribution in [0.2, 0.25) is 0 Å². The largest absolute Gasteiger partial charge is 0.490 e. The molecule has 0 aliphatic carbocycles. The monoisotopic (exact) mass is 548 g/mol. The summed E-state index contributed by atoms with van der Waals surface area (Å²) in [4.78, 5) is 32.3. The van der Waals surface area contributed by atoms with Crippen molar-refractivity contribution < 1.29 is 23.7 Å². The molecule has 0 spiro atoms. The lowest BCUT2D eigenvalue weighted by atomic mass is 9.95. The van der Waals surface area contributed by atoms with Crippen molar-refractivity contribution in [3.8, 4) is 17.2 Å². The van der Waals surface area contributed by atoms with Gasteiger partial charge in [0.25, 0.3) is 5.56 Å². The van der Waals surface area contributed by atoms with Gasteiger partial charge in [0.05, 0.1) is 41.7 Å².